The smallest absolute Gasteiger partial charge is 0.475 e. The molecule has 0 fully saturated rings. The lowest BCUT2D eigenvalue weighted by Gasteiger charge is -2.26. The Morgan fingerprint density at radius 3 is 2.18 bits per heavy atom. The lowest BCUT2D eigenvalue weighted by atomic mass is 10.0. The lowest BCUT2D eigenvalue weighted by Crippen LogP contribution is -2.43. The number of pyridine rings is 1. The summed E-state index contributed by atoms with van der Waals surface area (Å²) in [5.41, 5.74) is 6.20. The number of alkyl halides is 3. The molecular weight excluding hydrogens is 445 g/mol. The van der Waals surface area contributed by atoms with Crippen molar-refractivity contribution in [2.45, 2.75) is 26.1 Å². The lowest BCUT2D eigenvalue weighted by molar-refractivity contribution is -0.192. The second-order valence-electron chi connectivity index (χ2n) is 7.32. The zero-order chi connectivity index (χ0) is 25.3. The predicted molar refractivity (Wildman–Crippen MR) is 114 cm³/mol. The second-order valence-corrected chi connectivity index (χ2v) is 7.32. The molecular formula is C21H25F3N4O5. The molecule has 9 nitrogen and oxygen atoms in total. The van der Waals surface area contributed by atoms with Crippen molar-refractivity contribution in [3.63, 3.8) is 0 Å². The van der Waals surface area contributed by atoms with E-state index in [0.717, 1.165) is 0 Å². The van der Waals surface area contributed by atoms with Gasteiger partial charge in [-0.3, -0.25) is 14.5 Å². The first-order valence-corrected chi connectivity index (χ1v) is 9.53. The molecule has 0 aliphatic rings. The van der Waals surface area contributed by atoms with E-state index in [1.165, 1.54) is 6.20 Å². The monoisotopic (exact) mass is 470 g/mol. The van der Waals surface area contributed by atoms with Crippen LogP contribution in [0.3, 0.4) is 0 Å². The Morgan fingerprint density at radius 1 is 1.15 bits per heavy atom. The van der Waals surface area contributed by atoms with Crippen LogP contribution in [0.25, 0.3) is 0 Å². The van der Waals surface area contributed by atoms with Crippen molar-refractivity contribution in [3.8, 4) is 11.6 Å². The first kappa shape index (κ1) is 27.4. The molecule has 0 aliphatic heterocycles. The quantitative estimate of drug-likeness (QED) is 0.566. The highest BCUT2D eigenvalue weighted by atomic mass is 19.4. The van der Waals surface area contributed by atoms with Gasteiger partial charge in [-0.25, -0.2) is 9.78 Å². The maximum absolute atomic E-state index is 12.4. The number of rotatable bonds is 7. The number of carbonyl (C=O) groups excluding carboxylic acids is 2. The number of primary amides is 1. The molecule has 1 heterocycles. The van der Waals surface area contributed by atoms with Crippen molar-refractivity contribution in [2.24, 2.45) is 11.7 Å². The molecule has 1 aromatic heterocycles. The molecule has 0 saturated heterocycles. The minimum absolute atomic E-state index is 0.0883. The fourth-order valence-corrected chi connectivity index (χ4v) is 2.70. The first-order chi connectivity index (χ1) is 15.2. The van der Waals surface area contributed by atoms with Gasteiger partial charge < -0.3 is 20.9 Å². The van der Waals surface area contributed by atoms with Gasteiger partial charge in [-0.05, 0) is 44.3 Å². The van der Waals surface area contributed by atoms with Gasteiger partial charge in [0.15, 0.2) is 0 Å². The summed E-state index contributed by atoms with van der Waals surface area (Å²) in [6.07, 6.45) is -3.56. The molecule has 33 heavy (non-hydrogen) atoms. The average Bonchev–Trinajstić information content (AvgIpc) is 2.69. The van der Waals surface area contributed by atoms with Crippen molar-refractivity contribution in [1.82, 2.24) is 9.88 Å². The van der Waals surface area contributed by atoms with Gasteiger partial charge in [0.1, 0.15) is 5.75 Å². The molecule has 180 valence electrons. The number of nitrogens with zero attached hydrogens (tertiary/aromatic N) is 2. The molecule has 0 spiro atoms. The van der Waals surface area contributed by atoms with E-state index in [-0.39, 0.29) is 17.9 Å². The molecule has 2 rings (SSSR count). The van der Waals surface area contributed by atoms with Gasteiger partial charge >= 0.3 is 12.1 Å². The number of benzene rings is 1. The highest BCUT2D eigenvalue weighted by Crippen LogP contribution is 2.22. The van der Waals surface area contributed by atoms with Crippen LogP contribution in [0.15, 0.2) is 42.6 Å². The first-order valence-electron chi connectivity index (χ1n) is 9.53. The highest BCUT2D eigenvalue weighted by molar-refractivity contribution is 5.95. The van der Waals surface area contributed by atoms with E-state index in [0.29, 0.717) is 22.9 Å². The molecule has 2 amide bonds. The van der Waals surface area contributed by atoms with E-state index in [4.69, 9.17) is 20.4 Å². The van der Waals surface area contributed by atoms with Crippen molar-refractivity contribution in [1.29, 1.82) is 0 Å². The molecule has 2 aromatic rings. The van der Waals surface area contributed by atoms with Gasteiger partial charge in [-0.1, -0.05) is 19.9 Å². The Hall–Kier alpha value is -3.67. The van der Waals surface area contributed by atoms with Gasteiger partial charge in [0, 0.05) is 11.6 Å². The van der Waals surface area contributed by atoms with Crippen LogP contribution in [-0.2, 0) is 9.59 Å². The zero-order valence-corrected chi connectivity index (χ0v) is 18.4. The summed E-state index contributed by atoms with van der Waals surface area (Å²) in [6.45, 7) is 4.00. The molecule has 12 heteroatoms. The van der Waals surface area contributed by atoms with Crippen LogP contribution in [-0.4, -0.2) is 59.1 Å². The molecule has 0 radical (unpaired) electrons. The molecule has 1 aromatic carbocycles. The number of hydrogen-bond donors (Lipinski definition) is 3. The van der Waals surface area contributed by atoms with Crippen LogP contribution >= 0.6 is 0 Å². The van der Waals surface area contributed by atoms with E-state index < -0.39 is 18.1 Å². The van der Waals surface area contributed by atoms with Crippen LogP contribution in [0, 0.1) is 5.92 Å². The van der Waals surface area contributed by atoms with E-state index in [1.54, 1.807) is 36.4 Å². The number of carboxylic acid groups (broad SMARTS) is 1. The van der Waals surface area contributed by atoms with Gasteiger partial charge in [0.2, 0.25) is 17.7 Å². The molecule has 0 unspecified atom stereocenters. The Labute approximate surface area is 188 Å². The number of likely N-dealkylation sites (N-methyl/N-ethyl adjacent to an activating group) is 1. The molecule has 4 N–H and O–H groups in total. The minimum atomic E-state index is -5.08. The van der Waals surface area contributed by atoms with Crippen LogP contribution in [0.4, 0.5) is 18.9 Å². The van der Waals surface area contributed by atoms with E-state index in [2.05, 4.69) is 10.3 Å². The summed E-state index contributed by atoms with van der Waals surface area (Å²) in [5.74, 6) is -2.39. The van der Waals surface area contributed by atoms with Crippen molar-refractivity contribution < 1.29 is 37.4 Å². The Kier molecular flexibility index (Phi) is 9.79. The maximum Gasteiger partial charge on any atom is 0.490 e. The molecule has 0 saturated carbocycles. The predicted octanol–water partition coefficient (Wildman–Crippen LogP) is 3.13. The standard InChI is InChI=1S/C19H24N4O3.C2HF3O2/c1-12(2)17(23(3)4)19(25)22-14-8-9-16(21-11-14)26-15-7-5-6-13(10-15)18(20)24;3-2(4,5)1(6)7/h5-12,17H,1-4H3,(H2,20,24)(H,22,25);(H,6,7)/t17-;/m1./s1. The number of aromatic nitrogens is 1. The SMILES string of the molecule is CC(C)[C@H](C(=O)Nc1ccc(Oc2cccc(C(N)=O)c2)nc1)N(C)C.O=C(O)C(F)(F)F. The number of nitrogens with two attached hydrogens (primary N) is 1. The van der Waals surface area contributed by atoms with E-state index >= 15 is 0 Å². The zero-order valence-electron chi connectivity index (χ0n) is 18.4. The van der Waals surface area contributed by atoms with Crippen molar-refractivity contribution in [2.75, 3.05) is 19.4 Å². The number of aliphatic carboxylic acids is 1. The van der Waals surface area contributed by atoms with Crippen molar-refractivity contribution in [3.05, 3.63) is 48.2 Å². The number of anilines is 1. The van der Waals surface area contributed by atoms with Gasteiger partial charge in [0.05, 0.1) is 17.9 Å². The van der Waals surface area contributed by atoms with Gasteiger partial charge in [-0.15, -0.1) is 0 Å². The number of carboxylic acids is 1. The Bertz CT molecular complexity index is 955. The van der Waals surface area contributed by atoms with E-state index in [1.807, 2.05) is 32.8 Å². The summed E-state index contributed by atoms with van der Waals surface area (Å²) in [6, 6.07) is 9.66. The Balaban J connectivity index is 0.000000675. The van der Waals surface area contributed by atoms with Crippen molar-refractivity contribution >= 4 is 23.5 Å². The van der Waals surface area contributed by atoms with Crippen LogP contribution in [0.5, 0.6) is 11.6 Å². The van der Waals surface area contributed by atoms with E-state index in [9.17, 15) is 22.8 Å². The largest absolute Gasteiger partial charge is 0.490 e. The fourth-order valence-electron chi connectivity index (χ4n) is 2.70. The average molecular weight is 470 g/mol. The van der Waals surface area contributed by atoms with Crippen LogP contribution in [0.2, 0.25) is 0 Å². The summed E-state index contributed by atoms with van der Waals surface area (Å²) in [4.78, 5) is 38.6. The normalized spacial score (nSPS) is 11.9. The number of amides is 2. The fraction of sp³-hybridized carbons (Fsp3) is 0.333. The third-order valence-electron chi connectivity index (χ3n) is 4.04. The highest BCUT2D eigenvalue weighted by Gasteiger charge is 2.38. The molecule has 1 atom stereocenters. The number of carbonyl (C=O) groups is 3. The minimum Gasteiger partial charge on any atom is -0.475 e. The second kappa shape index (κ2) is 11.8. The topological polar surface area (TPSA) is 135 Å². The number of nitrogens with one attached hydrogen (secondary N) is 1. The third kappa shape index (κ3) is 9.15. The number of halogens is 3. The van der Waals surface area contributed by atoms with Gasteiger partial charge in [0.25, 0.3) is 0 Å². The van der Waals surface area contributed by atoms with Crippen LogP contribution < -0.4 is 15.8 Å². The number of ether oxygens (including phenoxy) is 1. The molecule has 0 aliphatic carbocycles. The van der Waals surface area contributed by atoms with Crippen LogP contribution in [0.1, 0.15) is 24.2 Å². The molecule has 0 bridgehead atoms. The maximum atomic E-state index is 12.4. The Morgan fingerprint density at radius 2 is 1.76 bits per heavy atom. The summed E-state index contributed by atoms with van der Waals surface area (Å²) in [5, 5.41) is 9.98. The summed E-state index contributed by atoms with van der Waals surface area (Å²) in [7, 11) is 3.75. The number of hydrogen-bond acceptors (Lipinski definition) is 6. The third-order valence-corrected chi connectivity index (χ3v) is 4.04. The summed E-state index contributed by atoms with van der Waals surface area (Å²) < 4.78 is 37.3. The van der Waals surface area contributed by atoms with Gasteiger partial charge in [-0.2, -0.15) is 13.2 Å². The summed E-state index contributed by atoms with van der Waals surface area (Å²) >= 11 is 0.